The van der Waals surface area contributed by atoms with Gasteiger partial charge in [-0.2, -0.15) is 13.2 Å². The Morgan fingerprint density at radius 2 is 1.61 bits per heavy atom. The van der Waals surface area contributed by atoms with Crippen LogP contribution in [-0.2, 0) is 12.6 Å². The lowest BCUT2D eigenvalue weighted by Crippen LogP contribution is -2.06. The Morgan fingerprint density at radius 3 is 2.22 bits per heavy atom. The number of hydrogen-bond donors (Lipinski definition) is 0. The highest BCUT2D eigenvalue weighted by atomic mass is 19.4. The Balaban J connectivity index is 2.59. The zero-order valence-electron chi connectivity index (χ0n) is 9.93. The summed E-state index contributed by atoms with van der Waals surface area (Å²) in [5.41, 5.74) is 0.402. The van der Waals surface area contributed by atoms with Gasteiger partial charge in [0.1, 0.15) is 0 Å². The molecule has 2 aromatic rings. The van der Waals surface area contributed by atoms with Gasteiger partial charge in [-0.05, 0) is 35.2 Å². The molecule has 0 aliphatic carbocycles. The van der Waals surface area contributed by atoms with Gasteiger partial charge < -0.3 is 0 Å². The van der Waals surface area contributed by atoms with E-state index in [2.05, 4.69) is 6.92 Å². The minimum Gasteiger partial charge on any atom is -0.166 e. The standard InChI is InChI=1S/C15H14F3/c1-2-3-6-11-9-10-14(15(16,17)18)13-8-5-4-7-12(11)13/h4-5,7-10H,1-3,6H2. The fraction of sp³-hybridized carbons (Fsp3) is 0.267. The zero-order chi connectivity index (χ0) is 13.2. The topological polar surface area (TPSA) is 0 Å². The Kier molecular flexibility index (Phi) is 3.60. The number of unbranched alkanes of at least 4 members (excludes halogenated alkanes) is 1. The molecule has 0 saturated carbocycles. The van der Waals surface area contributed by atoms with Crippen molar-refractivity contribution in [3.63, 3.8) is 0 Å². The highest BCUT2D eigenvalue weighted by molar-refractivity contribution is 5.89. The minimum atomic E-state index is -4.30. The Bertz CT molecular complexity index is 541. The molecule has 0 amide bonds. The van der Waals surface area contributed by atoms with Crippen molar-refractivity contribution in [3.8, 4) is 0 Å². The minimum absolute atomic E-state index is 0.284. The zero-order valence-corrected chi connectivity index (χ0v) is 9.93. The predicted molar refractivity (Wildman–Crippen MR) is 67.2 cm³/mol. The molecular formula is C15H14F3. The predicted octanol–water partition coefficient (Wildman–Crippen LogP) is 5.02. The first-order valence-electron chi connectivity index (χ1n) is 5.91. The van der Waals surface area contributed by atoms with E-state index in [-0.39, 0.29) is 5.39 Å². The van der Waals surface area contributed by atoms with Crippen LogP contribution in [0.2, 0.25) is 0 Å². The lowest BCUT2D eigenvalue weighted by molar-refractivity contribution is -0.136. The van der Waals surface area contributed by atoms with Gasteiger partial charge in [0.25, 0.3) is 0 Å². The number of hydrogen-bond acceptors (Lipinski definition) is 0. The van der Waals surface area contributed by atoms with Crippen LogP contribution in [0.5, 0.6) is 0 Å². The lowest BCUT2D eigenvalue weighted by atomic mass is 9.96. The molecule has 0 unspecified atom stereocenters. The lowest BCUT2D eigenvalue weighted by Gasteiger charge is -2.13. The van der Waals surface area contributed by atoms with Gasteiger partial charge in [-0.3, -0.25) is 0 Å². The van der Waals surface area contributed by atoms with Crippen molar-refractivity contribution in [2.45, 2.75) is 25.4 Å². The van der Waals surface area contributed by atoms with Crippen LogP contribution in [0.4, 0.5) is 13.2 Å². The maximum atomic E-state index is 12.9. The molecule has 0 aromatic heterocycles. The molecule has 0 aliphatic rings. The highest BCUT2D eigenvalue weighted by Gasteiger charge is 2.32. The quantitative estimate of drug-likeness (QED) is 0.718. The average Bonchev–Trinajstić information content (AvgIpc) is 2.34. The highest BCUT2D eigenvalue weighted by Crippen LogP contribution is 2.36. The third-order valence-electron chi connectivity index (χ3n) is 3.02. The summed E-state index contributed by atoms with van der Waals surface area (Å²) in [5.74, 6) is 0. The maximum absolute atomic E-state index is 12.9. The van der Waals surface area contributed by atoms with Crippen LogP contribution in [0.15, 0.2) is 36.4 Å². The van der Waals surface area contributed by atoms with Crippen molar-refractivity contribution in [1.29, 1.82) is 0 Å². The summed E-state index contributed by atoms with van der Waals surface area (Å²) in [7, 11) is 0. The second kappa shape index (κ2) is 5.01. The average molecular weight is 251 g/mol. The van der Waals surface area contributed by atoms with E-state index < -0.39 is 11.7 Å². The maximum Gasteiger partial charge on any atom is 0.417 e. The third-order valence-corrected chi connectivity index (χ3v) is 3.02. The van der Waals surface area contributed by atoms with E-state index in [1.165, 1.54) is 12.1 Å². The van der Waals surface area contributed by atoms with Crippen LogP contribution in [0.25, 0.3) is 10.8 Å². The van der Waals surface area contributed by atoms with Crippen molar-refractivity contribution in [1.82, 2.24) is 0 Å². The molecule has 0 N–H and O–H groups in total. The molecule has 3 heteroatoms. The third kappa shape index (κ3) is 2.50. The molecule has 18 heavy (non-hydrogen) atoms. The summed E-state index contributed by atoms with van der Waals surface area (Å²) in [6, 6.07) is 9.47. The first kappa shape index (κ1) is 12.9. The van der Waals surface area contributed by atoms with Gasteiger partial charge in [-0.15, -0.1) is 0 Å². The number of benzene rings is 2. The van der Waals surface area contributed by atoms with E-state index in [0.717, 1.165) is 24.8 Å². The van der Waals surface area contributed by atoms with E-state index >= 15 is 0 Å². The second-order valence-electron chi connectivity index (χ2n) is 4.27. The van der Waals surface area contributed by atoms with Crippen molar-refractivity contribution in [2.75, 3.05) is 0 Å². The normalized spacial score (nSPS) is 12.0. The van der Waals surface area contributed by atoms with Gasteiger partial charge in [0.05, 0.1) is 5.56 Å². The summed E-state index contributed by atoms with van der Waals surface area (Å²) in [6.07, 6.45) is -1.86. The van der Waals surface area contributed by atoms with E-state index in [1.54, 1.807) is 24.3 Å². The molecule has 0 atom stereocenters. The molecule has 0 heterocycles. The van der Waals surface area contributed by atoms with Crippen LogP contribution in [0, 0.1) is 6.92 Å². The smallest absolute Gasteiger partial charge is 0.166 e. The fourth-order valence-electron chi connectivity index (χ4n) is 2.14. The molecule has 2 rings (SSSR count). The van der Waals surface area contributed by atoms with Crippen molar-refractivity contribution in [3.05, 3.63) is 54.4 Å². The number of alkyl halides is 3. The second-order valence-corrected chi connectivity index (χ2v) is 4.27. The van der Waals surface area contributed by atoms with E-state index in [9.17, 15) is 13.2 Å². The van der Waals surface area contributed by atoms with E-state index in [4.69, 9.17) is 0 Å². The van der Waals surface area contributed by atoms with Crippen molar-refractivity contribution in [2.24, 2.45) is 0 Å². The molecule has 0 spiro atoms. The monoisotopic (exact) mass is 251 g/mol. The molecule has 1 radical (unpaired) electrons. The van der Waals surface area contributed by atoms with Gasteiger partial charge in [0.2, 0.25) is 0 Å². The van der Waals surface area contributed by atoms with Crippen LogP contribution >= 0.6 is 0 Å². The number of aryl methyl sites for hydroxylation is 1. The Labute approximate surface area is 104 Å². The van der Waals surface area contributed by atoms with Crippen LogP contribution < -0.4 is 0 Å². The summed E-state index contributed by atoms with van der Waals surface area (Å²) in [4.78, 5) is 0. The Morgan fingerprint density at radius 1 is 0.944 bits per heavy atom. The van der Waals surface area contributed by atoms with Crippen LogP contribution in [0.3, 0.4) is 0 Å². The first-order chi connectivity index (χ1) is 8.54. The SMILES string of the molecule is [CH2]CCCc1ccc(C(F)(F)F)c2ccccc12. The van der Waals surface area contributed by atoms with Gasteiger partial charge in [0, 0.05) is 0 Å². The molecule has 0 saturated heterocycles. The van der Waals surface area contributed by atoms with E-state index in [1.807, 2.05) is 0 Å². The number of rotatable bonds is 3. The van der Waals surface area contributed by atoms with Gasteiger partial charge in [-0.25, -0.2) is 0 Å². The molecule has 0 fully saturated rings. The van der Waals surface area contributed by atoms with Crippen LogP contribution in [0.1, 0.15) is 24.0 Å². The molecule has 2 aromatic carbocycles. The summed E-state index contributed by atoms with van der Waals surface area (Å²) >= 11 is 0. The molecular weight excluding hydrogens is 237 g/mol. The van der Waals surface area contributed by atoms with Gasteiger partial charge in [-0.1, -0.05) is 43.7 Å². The number of fused-ring (bicyclic) bond motifs is 1. The summed E-state index contributed by atoms with van der Waals surface area (Å²) < 4.78 is 38.7. The fourth-order valence-corrected chi connectivity index (χ4v) is 2.14. The summed E-state index contributed by atoms with van der Waals surface area (Å²) in [5, 5.41) is 0.979. The molecule has 0 nitrogen and oxygen atoms in total. The first-order valence-corrected chi connectivity index (χ1v) is 5.91. The van der Waals surface area contributed by atoms with Crippen molar-refractivity contribution >= 4 is 10.8 Å². The molecule has 0 aliphatic heterocycles. The largest absolute Gasteiger partial charge is 0.417 e. The summed E-state index contributed by atoms with van der Waals surface area (Å²) in [6.45, 7) is 3.76. The van der Waals surface area contributed by atoms with E-state index in [0.29, 0.717) is 5.39 Å². The molecule has 0 bridgehead atoms. The molecule has 95 valence electrons. The van der Waals surface area contributed by atoms with Crippen molar-refractivity contribution < 1.29 is 13.2 Å². The van der Waals surface area contributed by atoms with Crippen LogP contribution in [-0.4, -0.2) is 0 Å². The van der Waals surface area contributed by atoms with Gasteiger partial charge >= 0.3 is 6.18 Å². The van der Waals surface area contributed by atoms with Gasteiger partial charge in [0.15, 0.2) is 0 Å². The Hall–Kier alpha value is -1.51. The number of halogens is 3.